The summed E-state index contributed by atoms with van der Waals surface area (Å²) in [7, 11) is 0. The fourth-order valence-electron chi connectivity index (χ4n) is 2.55. The van der Waals surface area contributed by atoms with Gasteiger partial charge in [0.1, 0.15) is 5.52 Å². The first-order chi connectivity index (χ1) is 12.0. The lowest BCUT2D eigenvalue weighted by molar-refractivity contribution is -0.383. The molecule has 0 saturated carbocycles. The second-order valence-electron chi connectivity index (χ2n) is 5.57. The van der Waals surface area contributed by atoms with Gasteiger partial charge in [-0.1, -0.05) is 30.3 Å². The van der Waals surface area contributed by atoms with Crippen molar-refractivity contribution in [2.45, 2.75) is 13.5 Å². The predicted molar refractivity (Wildman–Crippen MR) is 92.4 cm³/mol. The number of fused-ring (bicyclic) bond motifs is 1. The molecular weight excluding hydrogens is 322 g/mol. The molecule has 0 aliphatic rings. The van der Waals surface area contributed by atoms with Gasteiger partial charge in [0.05, 0.1) is 15.9 Å². The molecule has 0 bridgehead atoms. The molecule has 7 heteroatoms. The van der Waals surface area contributed by atoms with E-state index in [0.29, 0.717) is 5.69 Å². The summed E-state index contributed by atoms with van der Waals surface area (Å²) in [4.78, 5) is 27.3. The lowest BCUT2D eigenvalue weighted by atomic mass is 10.1. The summed E-state index contributed by atoms with van der Waals surface area (Å²) in [5.74, 6) is -0.968. The highest BCUT2D eigenvalue weighted by Crippen LogP contribution is 2.34. The number of nitrogens with zero attached hydrogens (tertiary/aromatic N) is 2. The maximum absolute atomic E-state index is 12.4. The topological polar surface area (TPSA) is 105 Å². The number of nitrogens with one attached hydrogen (secondary N) is 1. The minimum Gasteiger partial charge on any atom is -0.505 e. The number of nitro groups is 1. The van der Waals surface area contributed by atoms with Crippen molar-refractivity contribution >= 4 is 22.5 Å². The summed E-state index contributed by atoms with van der Waals surface area (Å²) in [5.41, 5.74) is 1.05. The van der Waals surface area contributed by atoms with Gasteiger partial charge in [-0.2, -0.15) is 0 Å². The van der Waals surface area contributed by atoms with Crippen LogP contribution >= 0.6 is 0 Å². The number of phenols is 1. The highest BCUT2D eigenvalue weighted by atomic mass is 16.6. The van der Waals surface area contributed by atoms with E-state index in [-0.39, 0.29) is 34.4 Å². The molecule has 0 radical (unpaired) electrons. The largest absolute Gasteiger partial charge is 0.505 e. The molecule has 0 unspecified atom stereocenters. The van der Waals surface area contributed by atoms with Crippen LogP contribution < -0.4 is 5.32 Å². The number of aromatic hydroxyl groups is 1. The van der Waals surface area contributed by atoms with Crippen LogP contribution in [-0.2, 0) is 6.54 Å². The predicted octanol–water partition coefficient (Wildman–Crippen LogP) is 3.09. The second-order valence-corrected chi connectivity index (χ2v) is 5.57. The van der Waals surface area contributed by atoms with Gasteiger partial charge in [-0.25, -0.2) is 4.98 Å². The van der Waals surface area contributed by atoms with Crippen LogP contribution in [0, 0.1) is 17.0 Å². The number of hydrogen-bond donors (Lipinski definition) is 2. The van der Waals surface area contributed by atoms with E-state index in [2.05, 4.69) is 10.3 Å². The Hall–Kier alpha value is -3.48. The number of hydrogen-bond acceptors (Lipinski definition) is 5. The Labute approximate surface area is 143 Å². The molecular formula is C18H15N3O4. The van der Waals surface area contributed by atoms with Gasteiger partial charge in [-0.05, 0) is 24.6 Å². The molecule has 3 rings (SSSR count). The van der Waals surface area contributed by atoms with Crippen LogP contribution in [0.1, 0.15) is 21.6 Å². The van der Waals surface area contributed by atoms with Crippen molar-refractivity contribution in [2.75, 3.05) is 0 Å². The molecule has 1 amide bonds. The fourth-order valence-corrected chi connectivity index (χ4v) is 2.55. The Balaban J connectivity index is 2.01. The molecule has 126 valence electrons. The third-order valence-electron chi connectivity index (χ3n) is 3.81. The number of benzene rings is 2. The molecule has 25 heavy (non-hydrogen) atoms. The third kappa shape index (κ3) is 3.25. The fraction of sp³-hybridized carbons (Fsp3) is 0.111. The zero-order valence-electron chi connectivity index (χ0n) is 13.4. The van der Waals surface area contributed by atoms with E-state index in [1.54, 1.807) is 13.0 Å². The summed E-state index contributed by atoms with van der Waals surface area (Å²) in [5, 5.41) is 24.6. The molecule has 7 nitrogen and oxygen atoms in total. The first kappa shape index (κ1) is 16.4. The average molecular weight is 337 g/mol. The number of aryl methyl sites for hydroxylation is 1. The first-order valence-electron chi connectivity index (χ1n) is 7.57. The van der Waals surface area contributed by atoms with Crippen molar-refractivity contribution in [3.63, 3.8) is 0 Å². The number of carbonyl (C=O) groups is 1. The molecule has 0 aliphatic heterocycles. The van der Waals surface area contributed by atoms with Gasteiger partial charge in [-0.3, -0.25) is 14.9 Å². The van der Waals surface area contributed by atoms with Gasteiger partial charge < -0.3 is 10.4 Å². The molecule has 0 saturated heterocycles. The summed E-state index contributed by atoms with van der Waals surface area (Å²) in [6.07, 6.45) is 0. The van der Waals surface area contributed by atoms with E-state index in [1.165, 1.54) is 6.07 Å². The molecule has 3 aromatic rings. The standard InChI is InChI=1S/C18H15N3O4/c1-11-7-8-13-15(21(24)25)9-14(17(22)16(13)20-11)18(23)19-10-12-5-3-2-4-6-12/h2-9,22H,10H2,1H3,(H,19,23). The maximum atomic E-state index is 12.4. The molecule has 0 atom stereocenters. The van der Waals surface area contributed by atoms with Gasteiger partial charge in [0, 0.05) is 18.3 Å². The molecule has 2 N–H and O–H groups in total. The van der Waals surface area contributed by atoms with Crippen LogP contribution in [0.15, 0.2) is 48.5 Å². The average Bonchev–Trinajstić information content (AvgIpc) is 2.61. The number of non-ortho nitro benzene ring substituents is 1. The normalized spacial score (nSPS) is 10.6. The van der Waals surface area contributed by atoms with Crippen molar-refractivity contribution in [3.8, 4) is 5.75 Å². The summed E-state index contributed by atoms with van der Waals surface area (Å²) < 4.78 is 0. The number of carbonyl (C=O) groups excluding carboxylic acids is 1. The number of nitro benzene ring substituents is 1. The molecule has 2 aromatic carbocycles. The van der Waals surface area contributed by atoms with E-state index >= 15 is 0 Å². The Morgan fingerprint density at radius 1 is 1.24 bits per heavy atom. The minimum absolute atomic E-state index is 0.0408. The van der Waals surface area contributed by atoms with E-state index in [0.717, 1.165) is 11.6 Å². The first-order valence-corrected chi connectivity index (χ1v) is 7.57. The summed E-state index contributed by atoms with van der Waals surface area (Å²) >= 11 is 0. The van der Waals surface area contributed by atoms with Crippen LogP contribution in [0.3, 0.4) is 0 Å². The number of rotatable bonds is 4. The SMILES string of the molecule is Cc1ccc2c([N+](=O)[O-])cc(C(=O)NCc3ccccc3)c(O)c2n1. The monoisotopic (exact) mass is 337 g/mol. The maximum Gasteiger partial charge on any atom is 0.279 e. The number of phenolic OH excluding ortho intramolecular Hbond substituents is 1. The van der Waals surface area contributed by atoms with Gasteiger partial charge in [-0.15, -0.1) is 0 Å². The lowest BCUT2D eigenvalue weighted by Gasteiger charge is -2.10. The smallest absolute Gasteiger partial charge is 0.279 e. The zero-order valence-corrected chi connectivity index (χ0v) is 13.4. The highest BCUT2D eigenvalue weighted by Gasteiger charge is 2.23. The highest BCUT2D eigenvalue weighted by molar-refractivity contribution is 6.05. The summed E-state index contributed by atoms with van der Waals surface area (Å²) in [6, 6.07) is 13.4. The van der Waals surface area contributed by atoms with Crippen LogP contribution in [0.4, 0.5) is 5.69 Å². The van der Waals surface area contributed by atoms with Crippen LogP contribution in [0.25, 0.3) is 10.9 Å². The van der Waals surface area contributed by atoms with Crippen molar-refractivity contribution in [1.29, 1.82) is 0 Å². The number of pyridine rings is 1. The van der Waals surface area contributed by atoms with Crippen molar-refractivity contribution in [2.24, 2.45) is 0 Å². The molecule has 0 spiro atoms. The van der Waals surface area contributed by atoms with Crippen molar-refractivity contribution < 1.29 is 14.8 Å². The van der Waals surface area contributed by atoms with E-state index in [1.807, 2.05) is 30.3 Å². The summed E-state index contributed by atoms with van der Waals surface area (Å²) in [6.45, 7) is 1.94. The van der Waals surface area contributed by atoms with Crippen molar-refractivity contribution in [3.05, 3.63) is 75.5 Å². The number of aromatic nitrogens is 1. The molecule has 0 aliphatic carbocycles. The number of amides is 1. The van der Waals surface area contributed by atoms with Gasteiger partial charge in [0.2, 0.25) is 0 Å². The van der Waals surface area contributed by atoms with Crippen molar-refractivity contribution in [1.82, 2.24) is 10.3 Å². The molecule has 1 aromatic heterocycles. The quantitative estimate of drug-likeness (QED) is 0.562. The Morgan fingerprint density at radius 3 is 2.64 bits per heavy atom. The Bertz CT molecular complexity index is 971. The zero-order chi connectivity index (χ0) is 18.0. The second kappa shape index (κ2) is 6.56. The van der Waals surface area contributed by atoms with E-state index in [9.17, 15) is 20.0 Å². The minimum atomic E-state index is -0.602. The van der Waals surface area contributed by atoms with Gasteiger partial charge in [0.25, 0.3) is 11.6 Å². The Morgan fingerprint density at radius 2 is 1.96 bits per heavy atom. The molecule has 0 fully saturated rings. The third-order valence-corrected chi connectivity index (χ3v) is 3.81. The van der Waals surface area contributed by atoms with E-state index < -0.39 is 10.8 Å². The van der Waals surface area contributed by atoms with Gasteiger partial charge in [0.15, 0.2) is 5.75 Å². The van der Waals surface area contributed by atoms with E-state index in [4.69, 9.17) is 0 Å². The molecule has 1 heterocycles. The van der Waals surface area contributed by atoms with Crippen LogP contribution in [-0.4, -0.2) is 20.9 Å². The Kier molecular flexibility index (Phi) is 4.30. The van der Waals surface area contributed by atoms with Gasteiger partial charge >= 0.3 is 0 Å². The lowest BCUT2D eigenvalue weighted by Crippen LogP contribution is -2.23. The van der Waals surface area contributed by atoms with Crippen LogP contribution in [0.5, 0.6) is 5.75 Å². The van der Waals surface area contributed by atoms with Crippen LogP contribution in [0.2, 0.25) is 0 Å².